The first kappa shape index (κ1) is 17.4. The summed E-state index contributed by atoms with van der Waals surface area (Å²) in [6.07, 6.45) is 3.48. The van der Waals surface area contributed by atoms with Crippen LogP contribution in [0.15, 0.2) is 30.3 Å². The summed E-state index contributed by atoms with van der Waals surface area (Å²) in [4.78, 5) is 16.7. The molecule has 0 N–H and O–H groups in total. The fraction of sp³-hybridized carbons (Fsp3) is 0.650. The summed E-state index contributed by atoms with van der Waals surface area (Å²) >= 11 is 0. The van der Waals surface area contributed by atoms with Crippen molar-refractivity contribution in [1.82, 2.24) is 9.80 Å². The Bertz CT molecular complexity index is 538. The number of rotatable bonds is 4. The average molecular weight is 330 g/mol. The topological polar surface area (TPSA) is 32.8 Å². The molecule has 1 aromatic carbocycles. The van der Waals surface area contributed by atoms with E-state index in [1.807, 2.05) is 4.90 Å². The highest BCUT2D eigenvalue weighted by molar-refractivity contribution is 5.77. The van der Waals surface area contributed by atoms with Gasteiger partial charge in [0.2, 0.25) is 5.91 Å². The minimum absolute atomic E-state index is 0.134. The number of hydrogen-bond acceptors (Lipinski definition) is 3. The monoisotopic (exact) mass is 330 g/mol. The van der Waals surface area contributed by atoms with Crippen LogP contribution in [0.2, 0.25) is 0 Å². The number of hydrogen-bond donors (Lipinski definition) is 0. The maximum Gasteiger partial charge on any atom is 0.248 e. The lowest BCUT2D eigenvalue weighted by Gasteiger charge is -2.50. The molecule has 1 aromatic rings. The van der Waals surface area contributed by atoms with Crippen molar-refractivity contribution in [2.24, 2.45) is 5.41 Å². The first-order valence-corrected chi connectivity index (χ1v) is 9.20. The Morgan fingerprint density at radius 3 is 2.58 bits per heavy atom. The normalized spacial score (nSPS) is 24.2. The molecule has 2 fully saturated rings. The second-order valence-corrected chi connectivity index (χ2v) is 7.45. The Morgan fingerprint density at radius 2 is 1.96 bits per heavy atom. The molecule has 0 aliphatic carbocycles. The van der Waals surface area contributed by atoms with Gasteiger partial charge in [-0.05, 0) is 42.7 Å². The molecule has 2 heterocycles. The van der Waals surface area contributed by atoms with Gasteiger partial charge in [-0.15, -0.1) is 0 Å². The van der Waals surface area contributed by atoms with E-state index in [1.54, 1.807) is 7.11 Å². The van der Waals surface area contributed by atoms with Crippen LogP contribution < -0.4 is 0 Å². The molecule has 132 valence electrons. The summed E-state index contributed by atoms with van der Waals surface area (Å²) in [6, 6.07) is 10.9. The van der Waals surface area contributed by atoms with Crippen LogP contribution in [0.1, 0.15) is 37.7 Å². The van der Waals surface area contributed by atoms with Crippen LogP contribution >= 0.6 is 0 Å². The Hall–Kier alpha value is -1.39. The van der Waals surface area contributed by atoms with Gasteiger partial charge >= 0.3 is 0 Å². The molecular weight excluding hydrogens is 300 g/mol. The van der Waals surface area contributed by atoms with Gasteiger partial charge in [0.05, 0.1) is 0 Å². The van der Waals surface area contributed by atoms with E-state index in [4.69, 9.17) is 4.74 Å². The molecule has 24 heavy (non-hydrogen) atoms. The van der Waals surface area contributed by atoms with Gasteiger partial charge in [-0.1, -0.05) is 37.3 Å². The maximum atomic E-state index is 12.1. The number of carbonyl (C=O) groups is 1. The lowest BCUT2D eigenvalue weighted by Crippen LogP contribution is -2.52. The second kappa shape index (κ2) is 7.66. The van der Waals surface area contributed by atoms with Crippen LogP contribution in [0.5, 0.6) is 0 Å². The third-order valence-electron chi connectivity index (χ3n) is 5.88. The largest absolute Gasteiger partial charge is 0.375 e. The van der Waals surface area contributed by atoms with Gasteiger partial charge in [0.25, 0.3) is 0 Å². The molecule has 0 radical (unpaired) electrons. The quantitative estimate of drug-likeness (QED) is 0.851. The van der Waals surface area contributed by atoms with Crippen molar-refractivity contribution < 1.29 is 9.53 Å². The number of ether oxygens (including phenoxy) is 1. The lowest BCUT2D eigenvalue weighted by molar-refractivity contribution is -0.138. The van der Waals surface area contributed by atoms with Crippen molar-refractivity contribution in [1.29, 1.82) is 0 Å². The van der Waals surface area contributed by atoms with Crippen molar-refractivity contribution in [2.45, 2.75) is 32.1 Å². The van der Waals surface area contributed by atoms with Crippen LogP contribution in [0.25, 0.3) is 0 Å². The van der Waals surface area contributed by atoms with E-state index in [9.17, 15) is 4.79 Å². The third-order valence-corrected chi connectivity index (χ3v) is 5.88. The Kier molecular flexibility index (Phi) is 5.57. The van der Waals surface area contributed by atoms with Crippen LogP contribution in [-0.2, 0) is 9.53 Å². The molecule has 1 spiro atoms. The van der Waals surface area contributed by atoms with Gasteiger partial charge in [0, 0.05) is 33.3 Å². The highest BCUT2D eigenvalue weighted by Gasteiger charge is 2.42. The Balaban J connectivity index is 1.69. The van der Waals surface area contributed by atoms with E-state index in [-0.39, 0.29) is 12.5 Å². The molecule has 1 amide bonds. The highest BCUT2D eigenvalue weighted by atomic mass is 16.5. The summed E-state index contributed by atoms with van der Waals surface area (Å²) in [5.41, 5.74) is 1.83. The first-order chi connectivity index (χ1) is 11.7. The fourth-order valence-corrected chi connectivity index (χ4v) is 4.50. The molecule has 3 rings (SSSR count). The number of benzene rings is 1. The zero-order chi connectivity index (χ0) is 17.0. The van der Waals surface area contributed by atoms with E-state index in [0.29, 0.717) is 11.3 Å². The number of methoxy groups -OCH3 is 1. The third kappa shape index (κ3) is 3.81. The highest BCUT2D eigenvalue weighted by Crippen LogP contribution is 2.44. The summed E-state index contributed by atoms with van der Waals surface area (Å²) in [7, 11) is 1.59. The van der Waals surface area contributed by atoms with Crippen molar-refractivity contribution >= 4 is 5.91 Å². The smallest absolute Gasteiger partial charge is 0.248 e. The number of likely N-dealkylation sites (N-methyl/N-ethyl adjacent to an activating group) is 1. The number of piperidine rings is 2. The minimum Gasteiger partial charge on any atom is -0.375 e. The van der Waals surface area contributed by atoms with Gasteiger partial charge in [0.1, 0.15) is 6.61 Å². The predicted octanol–water partition coefficient (Wildman–Crippen LogP) is 2.75. The van der Waals surface area contributed by atoms with Crippen LogP contribution in [0.3, 0.4) is 0 Å². The van der Waals surface area contributed by atoms with E-state index in [2.05, 4.69) is 42.2 Å². The van der Waals surface area contributed by atoms with Gasteiger partial charge in [-0.3, -0.25) is 4.79 Å². The van der Waals surface area contributed by atoms with Gasteiger partial charge < -0.3 is 14.5 Å². The van der Waals surface area contributed by atoms with Crippen molar-refractivity contribution in [3.05, 3.63) is 35.9 Å². The minimum atomic E-state index is 0.134. The summed E-state index contributed by atoms with van der Waals surface area (Å²) in [5.74, 6) is 0.747. The van der Waals surface area contributed by atoms with E-state index in [0.717, 1.165) is 39.0 Å². The van der Waals surface area contributed by atoms with Crippen LogP contribution in [0.4, 0.5) is 0 Å². The average Bonchev–Trinajstić information content (AvgIpc) is 2.63. The van der Waals surface area contributed by atoms with Crippen molar-refractivity contribution in [2.75, 3.05) is 46.4 Å². The number of likely N-dealkylation sites (tertiary alicyclic amines) is 2. The molecule has 4 nitrogen and oxygen atoms in total. The fourth-order valence-electron chi connectivity index (χ4n) is 4.50. The molecule has 4 heteroatoms. The first-order valence-electron chi connectivity index (χ1n) is 9.20. The SMILES string of the molecule is CCN1CC(c2ccccc2)CC2(CCN(C(=O)COC)CC2)C1. The zero-order valence-electron chi connectivity index (χ0n) is 15.0. The van der Waals surface area contributed by atoms with E-state index < -0.39 is 0 Å². The zero-order valence-corrected chi connectivity index (χ0v) is 15.0. The number of carbonyl (C=O) groups excluding carboxylic acids is 1. The molecule has 0 bridgehead atoms. The van der Waals surface area contributed by atoms with E-state index >= 15 is 0 Å². The Morgan fingerprint density at radius 1 is 1.25 bits per heavy atom. The predicted molar refractivity (Wildman–Crippen MR) is 96.0 cm³/mol. The Labute approximate surface area is 145 Å². The molecule has 1 atom stereocenters. The molecule has 2 aliphatic heterocycles. The molecular formula is C20H30N2O2. The lowest BCUT2D eigenvalue weighted by atomic mass is 9.68. The molecule has 1 unspecified atom stereocenters. The summed E-state index contributed by atoms with van der Waals surface area (Å²) in [5, 5.41) is 0. The van der Waals surface area contributed by atoms with E-state index in [1.165, 1.54) is 18.5 Å². The number of amides is 1. The second-order valence-electron chi connectivity index (χ2n) is 7.45. The summed E-state index contributed by atoms with van der Waals surface area (Å²) < 4.78 is 5.00. The molecule has 2 saturated heterocycles. The van der Waals surface area contributed by atoms with Crippen molar-refractivity contribution in [3.63, 3.8) is 0 Å². The maximum absolute atomic E-state index is 12.1. The molecule has 0 aromatic heterocycles. The van der Waals surface area contributed by atoms with Gasteiger partial charge in [0.15, 0.2) is 0 Å². The number of nitrogens with zero attached hydrogens (tertiary/aromatic N) is 2. The van der Waals surface area contributed by atoms with Crippen LogP contribution in [0, 0.1) is 5.41 Å². The van der Waals surface area contributed by atoms with Crippen LogP contribution in [-0.4, -0.2) is 62.1 Å². The van der Waals surface area contributed by atoms with Gasteiger partial charge in [-0.2, -0.15) is 0 Å². The molecule has 0 saturated carbocycles. The summed E-state index contributed by atoms with van der Waals surface area (Å²) in [6.45, 7) is 7.67. The van der Waals surface area contributed by atoms with Gasteiger partial charge in [-0.25, -0.2) is 0 Å². The standard InChI is InChI=1S/C20H30N2O2/c1-3-21-14-18(17-7-5-4-6-8-17)13-20(16-21)9-11-22(12-10-20)19(23)15-24-2/h4-8,18H,3,9-16H2,1-2H3. The molecule has 2 aliphatic rings. The van der Waals surface area contributed by atoms with Crippen molar-refractivity contribution in [3.8, 4) is 0 Å².